The first-order valence-electron chi connectivity index (χ1n) is 5.33. The second kappa shape index (κ2) is 5.85. The van der Waals surface area contributed by atoms with Gasteiger partial charge < -0.3 is 15.7 Å². The highest BCUT2D eigenvalue weighted by Crippen LogP contribution is 2.17. The van der Waals surface area contributed by atoms with Crippen molar-refractivity contribution in [3.05, 3.63) is 0 Å². The Labute approximate surface area is 99.5 Å². The van der Waals surface area contributed by atoms with Gasteiger partial charge >= 0.3 is 12.0 Å². The van der Waals surface area contributed by atoms with Crippen molar-refractivity contribution in [3.63, 3.8) is 0 Å². The number of carboxylic acid groups (broad SMARTS) is 1. The minimum Gasteiger partial charge on any atom is -0.480 e. The summed E-state index contributed by atoms with van der Waals surface area (Å²) in [7, 11) is -2.88. The van der Waals surface area contributed by atoms with Crippen LogP contribution in [0.2, 0.25) is 0 Å². The highest BCUT2D eigenvalue weighted by Gasteiger charge is 2.23. The van der Waals surface area contributed by atoms with Crippen LogP contribution in [-0.4, -0.2) is 50.1 Å². The van der Waals surface area contributed by atoms with Crippen LogP contribution in [0.3, 0.4) is 0 Å². The van der Waals surface area contributed by atoms with E-state index in [1.807, 2.05) is 0 Å². The second-order valence-electron chi connectivity index (χ2n) is 4.05. The third-order valence-corrected chi connectivity index (χ3v) is 4.34. The topological polar surface area (TPSA) is 113 Å². The molecule has 1 aliphatic rings. The molecule has 0 radical (unpaired) electrons. The van der Waals surface area contributed by atoms with E-state index in [-0.39, 0.29) is 17.4 Å². The van der Waals surface area contributed by atoms with Gasteiger partial charge in [0.05, 0.1) is 11.5 Å². The van der Waals surface area contributed by atoms with Crippen molar-refractivity contribution in [3.8, 4) is 0 Å². The van der Waals surface area contributed by atoms with Crippen LogP contribution in [0, 0.1) is 5.92 Å². The van der Waals surface area contributed by atoms with E-state index in [0.717, 1.165) is 0 Å². The molecule has 1 heterocycles. The molecule has 0 aromatic heterocycles. The summed E-state index contributed by atoms with van der Waals surface area (Å²) in [5.74, 6) is -0.635. The average molecular weight is 264 g/mol. The summed E-state index contributed by atoms with van der Waals surface area (Å²) in [5, 5.41) is 13.0. The van der Waals surface area contributed by atoms with Gasteiger partial charge in [-0.25, -0.2) is 13.2 Å². The summed E-state index contributed by atoms with van der Waals surface area (Å²) in [5.41, 5.74) is 0. The zero-order chi connectivity index (χ0) is 12.9. The predicted molar refractivity (Wildman–Crippen MR) is 60.4 cm³/mol. The van der Waals surface area contributed by atoms with E-state index in [0.29, 0.717) is 19.4 Å². The van der Waals surface area contributed by atoms with Crippen molar-refractivity contribution in [1.82, 2.24) is 10.6 Å². The molecule has 1 rings (SSSR count). The van der Waals surface area contributed by atoms with Crippen molar-refractivity contribution in [2.75, 3.05) is 24.6 Å². The highest BCUT2D eigenvalue weighted by molar-refractivity contribution is 7.91. The van der Waals surface area contributed by atoms with Crippen molar-refractivity contribution in [2.45, 2.75) is 12.8 Å². The molecule has 7 nitrogen and oxygen atoms in total. The highest BCUT2D eigenvalue weighted by atomic mass is 32.2. The Kier molecular flexibility index (Phi) is 4.73. The molecular weight excluding hydrogens is 248 g/mol. The third kappa shape index (κ3) is 5.53. The molecule has 1 aliphatic heterocycles. The number of rotatable bonds is 4. The quantitative estimate of drug-likeness (QED) is 0.615. The Morgan fingerprint density at radius 3 is 2.29 bits per heavy atom. The van der Waals surface area contributed by atoms with Crippen LogP contribution in [-0.2, 0) is 14.6 Å². The van der Waals surface area contributed by atoms with Gasteiger partial charge in [0.15, 0.2) is 0 Å². The fourth-order valence-corrected chi connectivity index (χ4v) is 3.19. The number of carboxylic acids is 1. The maximum atomic E-state index is 11.1. The van der Waals surface area contributed by atoms with Gasteiger partial charge in [-0.05, 0) is 18.8 Å². The van der Waals surface area contributed by atoms with Gasteiger partial charge in [0.1, 0.15) is 16.4 Å². The fraction of sp³-hybridized carbons (Fsp3) is 0.778. The van der Waals surface area contributed by atoms with E-state index in [2.05, 4.69) is 10.6 Å². The first-order chi connectivity index (χ1) is 7.89. The zero-order valence-electron chi connectivity index (χ0n) is 9.31. The van der Waals surface area contributed by atoms with Crippen LogP contribution in [0.1, 0.15) is 12.8 Å². The SMILES string of the molecule is O=C(O)CNC(=O)NCC1CCS(=O)(=O)CC1. The van der Waals surface area contributed by atoms with Gasteiger partial charge in [-0.3, -0.25) is 4.79 Å². The van der Waals surface area contributed by atoms with E-state index in [1.165, 1.54) is 0 Å². The van der Waals surface area contributed by atoms with E-state index >= 15 is 0 Å². The number of carbonyl (C=O) groups excluding carboxylic acids is 1. The number of sulfone groups is 1. The van der Waals surface area contributed by atoms with Gasteiger partial charge in [-0.2, -0.15) is 0 Å². The molecule has 17 heavy (non-hydrogen) atoms. The number of carbonyl (C=O) groups is 2. The summed E-state index contributed by atoms with van der Waals surface area (Å²) in [6, 6.07) is -0.541. The first-order valence-corrected chi connectivity index (χ1v) is 7.15. The maximum absolute atomic E-state index is 11.1. The lowest BCUT2D eigenvalue weighted by atomic mass is 10.0. The number of urea groups is 1. The van der Waals surface area contributed by atoms with E-state index in [4.69, 9.17) is 5.11 Å². The summed E-state index contributed by atoms with van der Waals surface area (Å²) < 4.78 is 22.3. The van der Waals surface area contributed by atoms with Gasteiger partial charge in [-0.15, -0.1) is 0 Å². The molecular formula is C9H16N2O5S. The lowest BCUT2D eigenvalue weighted by Crippen LogP contribution is -2.41. The smallest absolute Gasteiger partial charge is 0.323 e. The number of aliphatic carboxylic acids is 1. The lowest BCUT2D eigenvalue weighted by molar-refractivity contribution is -0.135. The lowest BCUT2D eigenvalue weighted by Gasteiger charge is -2.21. The molecule has 1 saturated heterocycles. The van der Waals surface area contributed by atoms with Crippen LogP contribution in [0.25, 0.3) is 0 Å². The average Bonchev–Trinajstić information content (AvgIpc) is 2.25. The van der Waals surface area contributed by atoms with Crippen LogP contribution >= 0.6 is 0 Å². The molecule has 0 aromatic rings. The Morgan fingerprint density at radius 1 is 1.18 bits per heavy atom. The Balaban J connectivity index is 2.19. The Morgan fingerprint density at radius 2 is 1.76 bits per heavy atom. The maximum Gasteiger partial charge on any atom is 0.323 e. The molecule has 0 aliphatic carbocycles. The van der Waals surface area contributed by atoms with Crippen molar-refractivity contribution < 1.29 is 23.1 Å². The third-order valence-electron chi connectivity index (χ3n) is 2.63. The second-order valence-corrected chi connectivity index (χ2v) is 6.36. The molecule has 0 aromatic carbocycles. The van der Waals surface area contributed by atoms with E-state index in [9.17, 15) is 18.0 Å². The molecule has 0 saturated carbocycles. The summed E-state index contributed by atoms with van der Waals surface area (Å²) >= 11 is 0. The van der Waals surface area contributed by atoms with Gasteiger partial charge in [0, 0.05) is 6.54 Å². The van der Waals surface area contributed by atoms with Gasteiger partial charge in [0.2, 0.25) is 0 Å². The van der Waals surface area contributed by atoms with Crippen molar-refractivity contribution in [1.29, 1.82) is 0 Å². The molecule has 3 N–H and O–H groups in total. The molecule has 8 heteroatoms. The van der Waals surface area contributed by atoms with Crippen LogP contribution < -0.4 is 10.6 Å². The van der Waals surface area contributed by atoms with E-state index < -0.39 is 28.4 Å². The molecule has 98 valence electrons. The normalized spacial score (nSPS) is 19.5. The summed E-state index contributed by atoms with van der Waals surface area (Å²) in [6.07, 6.45) is 1.09. The largest absolute Gasteiger partial charge is 0.480 e. The van der Waals surface area contributed by atoms with Gasteiger partial charge in [0.25, 0.3) is 0 Å². The molecule has 2 amide bonds. The Bertz CT molecular complexity index is 378. The minimum atomic E-state index is -2.88. The van der Waals surface area contributed by atoms with Crippen LogP contribution in [0.15, 0.2) is 0 Å². The predicted octanol–water partition coefficient (Wildman–Crippen LogP) is -0.805. The fourth-order valence-electron chi connectivity index (χ4n) is 1.60. The van der Waals surface area contributed by atoms with Crippen LogP contribution in [0.5, 0.6) is 0 Å². The minimum absolute atomic E-state index is 0.147. The Hall–Kier alpha value is -1.31. The molecule has 0 unspecified atom stereocenters. The molecule has 1 fully saturated rings. The molecule has 0 bridgehead atoms. The number of amides is 2. The van der Waals surface area contributed by atoms with Crippen LogP contribution in [0.4, 0.5) is 4.79 Å². The summed E-state index contributed by atoms with van der Waals surface area (Å²) in [4.78, 5) is 21.3. The number of hydrogen-bond acceptors (Lipinski definition) is 4. The monoisotopic (exact) mass is 264 g/mol. The first kappa shape index (κ1) is 13.8. The molecule has 0 spiro atoms. The van der Waals surface area contributed by atoms with Crippen molar-refractivity contribution >= 4 is 21.8 Å². The molecule has 0 atom stereocenters. The van der Waals surface area contributed by atoms with E-state index in [1.54, 1.807) is 0 Å². The number of nitrogens with one attached hydrogen (secondary N) is 2. The zero-order valence-corrected chi connectivity index (χ0v) is 10.1. The summed E-state index contributed by atoms with van der Waals surface area (Å²) in [6.45, 7) is -0.0498. The standard InChI is InChI=1S/C9H16N2O5S/c12-8(13)6-11-9(14)10-5-7-1-3-17(15,16)4-2-7/h7H,1-6H2,(H,12,13)(H2,10,11,14). The number of hydrogen-bond donors (Lipinski definition) is 3. The van der Waals surface area contributed by atoms with Crippen molar-refractivity contribution in [2.24, 2.45) is 5.92 Å². The van der Waals surface area contributed by atoms with Gasteiger partial charge in [-0.1, -0.05) is 0 Å².